The van der Waals surface area contributed by atoms with Gasteiger partial charge in [0, 0.05) is 49.4 Å². The number of rotatable bonds is 6. The fraction of sp³-hybridized carbons (Fsp3) is 0.375. The number of amides is 1. The van der Waals surface area contributed by atoms with Gasteiger partial charge in [-0.15, -0.1) is 0 Å². The van der Waals surface area contributed by atoms with E-state index in [2.05, 4.69) is 5.32 Å². The number of likely N-dealkylation sites (N-methyl/N-ethyl adjacent to an activating group) is 1. The Morgan fingerprint density at radius 2 is 1.74 bits per heavy atom. The number of carbonyl (C=O) groups excluding carboxylic acids is 1. The molecule has 3 aliphatic rings. The largest absolute Gasteiger partial charge is 0.486 e. The van der Waals surface area contributed by atoms with Crippen molar-refractivity contribution in [1.82, 2.24) is 14.5 Å². The maximum atomic E-state index is 16.1. The van der Waals surface area contributed by atoms with E-state index < -0.39 is 21.6 Å². The van der Waals surface area contributed by atoms with Gasteiger partial charge in [0.2, 0.25) is 15.7 Å². The maximum Gasteiger partial charge on any atom is 0.266 e. The highest BCUT2D eigenvalue weighted by Gasteiger charge is 2.46. The first-order chi connectivity index (χ1) is 16.7. The Morgan fingerprint density at radius 1 is 1.06 bits per heavy atom. The molecule has 1 N–H and O–H groups in total. The Morgan fingerprint density at radius 3 is 2.40 bits per heavy atom. The molecule has 8 nitrogen and oxygen atoms in total. The number of hydrogen-bond acceptors (Lipinski definition) is 6. The number of ether oxygens (including phenoxy) is 2. The van der Waals surface area contributed by atoms with Crippen molar-refractivity contribution >= 4 is 27.5 Å². The maximum absolute atomic E-state index is 16.1. The molecular formula is C24H25ClFN3O5S. The number of alkyl halides is 1. The Bertz CT molecular complexity index is 1300. The minimum absolute atomic E-state index is 0.119. The van der Waals surface area contributed by atoms with E-state index >= 15 is 4.39 Å². The molecule has 0 aliphatic carbocycles. The van der Waals surface area contributed by atoms with Crippen molar-refractivity contribution in [2.75, 3.05) is 53.0 Å². The summed E-state index contributed by atoms with van der Waals surface area (Å²) in [4.78, 5) is 14.9. The Balaban J connectivity index is 1.30. The molecular weight excluding hydrogens is 497 g/mol. The SMILES string of the molecule is CNC[C@](F)(C(=O)N1CC2=C(C1)CN(S(=O)(=O)c1ccc3c(c1)OCCO3)C2)c1cccc(Cl)c1. The summed E-state index contributed by atoms with van der Waals surface area (Å²) in [5.74, 6) is 0.241. The highest BCUT2D eigenvalue weighted by atomic mass is 35.5. The van der Waals surface area contributed by atoms with E-state index in [0.29, 0.717) is 29.7 Å². The molecule has 0 radical (unpaired) electrons. The second-order valence-electron chi connectivity index (χ2n) is 8.79. The monoisotopic (exact) mass is 521 g/mol. The topological polar surface area (TPSA) is 88.2 Å². The molecule has 186 valence electrons. The van der Waals surface area contributed by atoms with E-state index in [1.165, 1.54) is 27.4 Å². The van der Waals surface area contributed by atoms with Gasteiger partial charge < -0.3 is 19.7 Å². The molecule has 0 saturated carbocycles. The fourth-order valence-electron chi connectivity index (χ4n) is 4.72. The molecule has 0 unspecified atom stereocenters. The first-order valence-corrected chi connectivity index (χ1v) is 13.0. The summed E-state index contributed by atoms with van der Waals surface area (Å²) in [6.07, 6.45) is 0. The van der Waals surface area contributed by atoms with Gasteiger partial charge in [-0.2, -0.15) is 4.31 Å². The number of fused-ring (bicyclic) bond motifs is 1. The summed E-state index contributed by atoms with van der Waals surface area (Å²) in [7, 11) is -2.20. The summed E-state index contributed by atoms with van der Waals surface area (Å²) in [5, 5.41) is 3.10. The third kappa shape index (κ3) is 4.29. The molecule has 2 aromatic rings. The molecule has 3 heterocycles. The Kier molecular flexibility index (Phi) is 6.25. The van der Waals surface area contributed by atoms with Crippen LogP contribution in [-0.4, -0.2) is 76.5 Å². The average molecular weight is 522 g/mol. The summed E-state index contributed by atoms with van der Waals surface area (Å²) in [6, 6.07) is 10.8. The zero-order valence-corrected chi connectivity index (χ0v) is 20.7. The molecule has 0 saturated heterocycles. The molecule has 11 heteroatoms. The van der Waals surface area contributed by atoms with Gasteiger partial charge in [-0.1, -0.05) is 23.7 Å². The van der Waals surface area contributed by atoms with Crippen LogP contribution in [0.2, 0.25) is 5.02 Å². The lowest BCUT2D eigenvalue weighted by atomic mass is 9.94. The first kappa shape index (κ1) is 24.1. The van der Waals surface area contributed by atoms with E-state index in [1.54, 1.807) is 31.3 Å². The minimum Gasteiger partial charge on any atom is -0.486 e. The van der Waals surface area contributed by atoms with E-state index in [1.807, 2.05) is 0 Å². The highest BCUT2D eigenvalue weighted by molar-refractivity contribution is 7.89. The van der Waals surface area contributed by atoms with Crippen molar-refractivity contribution in [2.45, 2.75) is 10.6 Å². The van der Waals surface area contributed by atoms with Gasteiger partial charge in [0.05, 0.1) is 4.90 Å². The number of nitrogens with zero attached hydrogens (tertiary/aromatic N) is 2. The van der Waals surface area contributed by atoms with Crippen LogP contribution < -0.4 is 14.8 Å². The van der Waals surface area contributed by atoms with Gasteiger partial charge in [0.15, 0.2) is 11.5 Å². The molecule has 2 aromatic carbocycles. The van der Waals surface area contributed by atoms with Crippen LogP contribution in [0.1, 0.15) is 5.56 Å². The van der Waals surface area contributed by atoms with Crippen LogP contribution in [0.5, 0.6) is 11.5 Å². The van der Waals surface area contributed by atoms with Crippen LogP contribution in [0.25, 0.3) is 0 Å². The van der Waals surface area contributed by atoms with Crippen LogP contribution >= 0.6 is 11.6 Å². The quantitative estimate of drug-likeness (QED) is 0.587. The number of benzene rings is 2. The van der Waals surface area contributed by atoms with E-state index in [9.17, 15) is 13.2 Å². The molecule has 1 amide bonds. The van der Waals surface area contributed by atoms with Crippen molar-refractivity contribution in [3.05, 3.63) is 64.2 Å². The van der Waals surface area contributed by atoms with E-state index in [0.717, 1.165) is 11.1 Å². The van der Waals surface area contributed by atoms with Crippen molar-refractivity contribution in [1.29, 1.82) is 0 Å². The molecule has 5 rings (SSSR count). The molecule has 35 heavy (non-hydrogen) atoms. The first-order valence-electron chi connectivity index (χ1n) is 11.2. The second-order valence-corrected chi connectivity index (χ2v) is 11.2. The van der Waals surface area contributed by atoms with Crippen molar-refractivity contribution < 1.29 is 27.1 Å². The summed E-state index contributed by atoms with van der Waals surface area (Å²) >= 11 is 6.04. The third-order valence-corrected chi connectivity index (χ3v) is 8.50. The van der Waals surface area contributed by atoms with Gasteiger partial charge >= 0.3 is 0 Å². The Labute approximate surface area is 208 Å². The van der Waals surface area contributed by atoms with Gasteiger partial charge in [-0.3, -0.25) is 4.79 Å². The van der Waals surface area contributed by atoms with Crippen LogP contribution in [0.4, 0.5) is 4.39 Å². The van der Waals surface area contributed by atoms with Crippen molar-refractivity contribution in [3.8, 4) is 11.5 Å². The van der Waals surface area contributed by atoms with Gasteiger partial charge in [0.25, 0.3) is 5.91 Å². The lowest BCUT2D eigenvalue weighted by Crippen LogP contribution is -2.49. The summed E-state index contributed by atoms with van der Waals surface area (Å²) < 4.78 is 55.0. The number of hydrogen-bond donors (Lipinski definition) is 1. The number of carbonyl (C=O) groups is 1. The van der Waals surface area contributed by atoms with Crippen molar-refractivity contribution in [2.24, 2.45) is 0 Å². The van der Waals surface area contributed by atoms with Crippen LogP contribution in [0.3, 0.4) is 0 Å². The van der Waals surface area contributed by atoms with Gasteiger partial charge in [0.1, 0.15) is 13.2 Å². The molecule has 0 aromatic heterocycles. The molecule has 0 spiro atoms. The van der Waals surface area contributed by atoms with E-state index in [4.69, 9.17) is 21.1 Å². The van der Waals surface area contributed by atoms with Crippen molar-refractivity contribution in [3.63, 3.8) is 0 Å². The zero-order valence-electron chi connectivity index (χ0n) is 19.1. The Hall–Kier alpha value is -2.66. The molecule has 0 fully saturated rings. The summed E-state index contributed by atoms with van der Waals surface area (Å²) in [6.45, 7) is 1.23. The normalized spacial score (nSPS) is 19.6. The predicted octanol–water partition coefficient (Wildman–Crippen LogP) is 2.34. The smallest absolute Gasteiger partial charge is 0.266 e. The summed E-state index contributed by atoms with van der Waals surface area (Å²) in [5.41, 5.74) is -0.481. The number of sulfonamides is 1. The number of halogens is 2. The molecule has 0 bridgehead atoms. The third-order valence-electron chi connectivity index (χ3n) is 6.48. The van der Waals surface area contributed by atoms with Crippen LogP contribution in [0.15, 0.2) is 58.5 Å². The minimum atomic E-state index is -3.78. The predicted molar refractivity (Wildman–Crippen MR) is 128 cm³/mol. The molecule has 1 atom stereocenters. The fourth-order valence-corrected chi connectivity index (χ4v) is 6.36. The van der Waals surface area contributed by atoms with Crippen LogP contribution in [-0.2, 0) is 20.5 Å². The van der Waals surface area contributed by atoms with Gasteiger partial charge in [-0.05, 0) is 42.5 Å². The lowest BCUT2D eigenvalue weighted by molar-refractivity contribution is -0.143. The van der Waals surface area contributed by atoms with Crippen LogP contribution in [0, 0.1) is 0 Å². The second kappa shape index (κ2) is 9.09. The lowest BCUT2D eigenvalue weighted by Gasteiger charge is -2.31. The average Bonchev–Trinajstić information content (AvgIpc) is 3.43. The molecule has 3 aliphatic heterocycles. The standard InChI is InChI=1S/C24H25ClFN3O5S/c1-27-15-24(26,18-3-2-4-19(25)9-18)23(30)28-11-16-13-29(14-17(16)12-28)35(31,32)20-5-6-21-22(10-20)34-8-7-33-21/h2-6,9-10,27H,7-8,11-15H2,1H3/t24-/m1/s1. The highest BCUT2D eigenvalue weighted by Crippen LogP contribution is 2.37. The van der Waals surface area contributed by atoms with Gasteiger partial charge in [-0.25, -0.2) is 12.8 Å². The van der Waals surface area contributed by atoms with E-state index in [-0.39, 0.29) is 43.2 Å². The zero-order chi connectivity index (χ0) is 24.8. The number of nitrogens with one attached hydrogen (secondary N) is 1.